The lowest BCUT2D eigenvalue weighted by molar-refractivity contribution is -0.235. The molecule has 1 saturated heterocycles. The number of aliphatic hydroxyl groups is 1. The maximum atomic E-state index is 14.4. The number of carbonyl (C=O) groups is 4. The Kier molecular flexibility index (Phi) is 27.4. The number of ketones is 2. The monoisotopic (exact) mass is 1410 g/mol. The number of rotatable bonds is 19. The van der Waals surface area contributed by atoms with Crippen molar-refractivity contribution < 1.29 is 38.9 Å². The Labute approximate surface area is 624 Å². The molecule has 1 aliphatic heterocycles. The molecule has 8 nitrogen and oxygen atoms in total. The number of aliphatic hydroxyl groups excluding tert-OH is 1. The van der Waals surface area contributed by atoms with Gasteiger partial charge in [-0.05, 0) is 347 Å². The Morgan fingerprint density at radius 2 is 0.833 bits per heavy atom. The third-order valence-corrected chi connectivity index (χ3v) is 32.6. The first-order valence-electron chi connectivity index (χ1n) is 41.6. The van der Waals surface area contributed by atoms with Crippen molar-refractivity contribution in [1.29, 1.82) is 0 Å². The number of esters is 1. The molecule has 11 aliphatic rings. The topological polar surface area (TPSA) is 127 Å². The highest BCUT2D eigenvalue weighted by atomic mass is 16.5. The van der Waals surface area contributed by atoms with Gasteiger partial charge in [-0.1, -0.05) is 157 Å². The van der Waals surface area contributed by atoms with Crippen molar-refractivity contribution in [3.63, 3.8) is 0 Å². The van der Waals surface area contributed by atoms with Crippen molar-refractivity contribution in [2.75, 3.05) is 26.4 Å². The molecule has 0 radical (unpaired) electrons. The zero-order valence-corrected chi connectivity index (χ0v) is 69.0. The highest BCUT2D eigenvalue weighted by Gasteiger charge is 2.74. The number of carboxylic acid groups (broad SMARTS) is 1. The summed E-state index contributed by atoms with van der Waals surface area (Å²) in [5, 5.41) is 19.2. The summed E-state index contributed by atoms with van der Waals surface area (Å²) in [6.45, 7) is 57.4. The minimum atomic E-state index is -0.547. The lowest BCUT2D eigenvalue weighted by Crippen LogP contribution is -2.66. The largest absolute Gasteiger partial charge is 0.481 e. The molecule has 11 fully saturated rings. The quantitative estimate of drug-likeness (QED) is 0.0967. The lowest BCUT2D eigenvalue weighted by atomic mass is 9.32. The number of carboxylic acids is 1. The van der Waals surface area contributed by atoms with Gasteiger partial charge in [0.15, 0.2) is 0 Å². The molecule has 11 rings (SSSR count). The number of carbonyl (C=O) groups excluding carboxylic acids is 3. The SMILES string of the molecule is C1CCOC1.C=C(C)C1CC[C@]2(C(=O)O)CC[C@]3(C)[C@H](CC[C@@H]4[C@@]5(C)CCC(=O)C(C)(C)C5CC[C@]43C)C12.C=C(C)C1CC[C@]2(C(=O)OC/C=C(\C)CC/C=C(\C)CCC=C(C)C)CC[C@]3(C)[C@H](CC[C@@H]4[C@@]5(C)CCC(=O)C(C)(C)C5CC[C@]43C)C12.CC(C)=CCC/C(C)=C/CC/C(C)=C/CO. The average molecular weight is 1410 g/mol. The molecule has 6 unspecified atom stereocenters. The van der Waals surface area contributed by atoms with Crippen LogP contribution >= 0.6 is 0 Å². The summed E-state index contributed by atoms with van der Waals surface area (Å²) < 4.78 is 11.2. The van der Waals surface area contributed by atoms with E-state index in [1.54, 1.807) is 0 Å². The molecule has 2 N–H and O–H groups in total. The predicted molar refractivity (Wildman–Crippen MR) is 425 cm³/mol. The van der Waals surface area contributed by atoms with Crippen LogP contribution in [0, 0.1) is 113 Å². The van der Waals surface area contributed by atoms with Crippen molar-refractivity contribution in [1.82, 2.24) is 0 Å². The second-order valence-electron chi connectivity index (χ2n) is 39.3. The van der Waals surface area contributed by atoms with Gasteiger partial charge in [-0.2, -0.15) is 0 Å². The average Bonchev–Trinajstić information content (AvgIpc) is 1.06. The van der Waals surface area contributed by atoms with Crippen LogP contribution in [-0.4, -0.2) is 60.1 Å². The maximum absolute atomic E-state index is 14.4. The van der Waals surface area contributed by atoms with Crippen molar-refractivity contribution in [2.45, 2.75) is 331 Å². The number of hydrogen-bond donors (Lipinski definition) is 2. The molecule has 0 amide bonds. The minimum absolute atomic E-state index is 0.0628. The van der Waals surface area contributed by atoms with Crippen LogP contribution in [0.25, 0.3) is 0 Å². The summed E-state index contributed by atoms with van der Waals surface area (Å²) in [4.78, 5) is 53.1. The Hall–Kier alpha value is -3.88. The van der Waals surface area contributed by atoms with E-state index in [0.717, 1.165) is 161 Å². The van der Waals surface area contributed by atoms with Crippen LogP contribution in [0.15, 0.2) is 94.2 Å². The molecule has 0 spiro atoms. The molecule has 0 aromatic carbocycles. The fraction of sp³-hybridized carbons (Fsp3) is 0.787. The van der Waals surface area contributed by atoms with E-state index in [1.165, 1.54) is 89.5 Å². The van der Waals surface area contributed by atoms with E-state index in [4.69, 9.17) is 14.6 Å². The van der Waals surface area contributed by atoms with Gasteiger partial charge in [0.1, 0.15) is 18.2 Å². The molecule has 0 bridgehead atoms. The Morgan fingerprint density at radius 3 is 1.22 bits per heavy atom. The zero-order chi connectivity index (χ0) is 75.4. The van der Waals surface area contributed by atoms with Gasteiger partial charge < -0.3 is 19.7 Å². The van der Waals surface area contributed by atoms with Gasteiger partial charge in [-0.3, -0.25) is 19.2 Å². The van der Waals surface area contributed by atoms with Gasteiger partial charge in [0, 0.05) is 36.9 Å². The normalized spacial score (nSPS) is 39.4. The number of ether oxygens (including phenoxy) is 2. The second kappa shape index (κ2) is 33.3. The van der Waals surface area contributed by atoms with E-state index < -0.39 is 11.4 Å². The summed E-state index contributed by atoms with van der Waals surface area (Å²) in [5.74, 6) is 4.93. The molecule has 8 heteroatoms. The second-order valence-corrected chi connectivity index (χ2v) is 39.3. The van der Waals surface area contributed by atoms with Gasteiger partial charge in [0.05, 0.1) is 17.4 Å². The Bertz CT molecular complexity index is 3190. The predicted octanol–water partition coefficient (Wildman–Crippen LogP) is 24.7. The van der Waals surface area contributed by atoms with Gasteiger partial charge in [-0.25, -0.2) is 0 Å². The van der Waals surface area contributed by atoms with Crippen LogP contribution < -0.4 is 0 Å². The van der Waals surface area contributed by atoms with E-state index in [0.29, 0.717) is 71.4 Å². The molecule has 102 heavy (non-hydrogen) atoms. The van der Waals surface area contributed by atoms with E-state index in [1.807, 2.05) is 6.08 Å². The summed E-state index contributed by atoms with van der Waals surface area (Å²) in [7, 11) is 0. The molecule has 1 heterocycles. The number of aliphatic carboxylic acids is 1. The number of fused-ring (bicyclic) bond motifs is 14. The first-order valence-corrected chi connectivity index (χ1v) is 41.6. The highest BCUT2D eigenvalue weighted by Crippen LogP contribution is 2.80. The number of Topliss-reactive ketones (excluding diaryl/α,β-unsaturated/α-hetero) is 2. The summed E-state index contributed by atoms with van der Waals surface area (Å²) in [6.07, 6.45) is 45.4. The smallest absolute Gasteiger partial charge is 0.312 e. The Balaban J connectivity index is 0.000000209. The molecule has 10 saturated carbocycles. The van der Waals surface area contributed by atoms with Crippen LogP contribution in [-0.2, 0) is 28.7 Å². The summed E-state index contributed by atoms with van der Waals surface area (Å²) in [6, 6.07) is 0. The van der Waals surface area contributed by atoms with Crippen LogP contribution in [0.1, 0.15) is 331 Å². The van der Waals surface area contributed by atoms with E-state index in [9.17, 15) is 24.3 Å². The van der Waals surface area contributed by atoms with Crippen LogP contribution in [0.4, 0.5) is 0 Å². The molecule has 10 aliphatic carbocycles. The number of hydrogen-bond acceptors (Lipinski definition) is 7. The van der Waals surface area contributed by atoms with Crippen LogP contribution in [0.2, 0.25) is 0 Å². The van der Waals surface area contributed by atoms with E-state index in [-0.39, 0.29) is 67.2 Å². The fourth-order valence-electron chi connectivity index (χ4n) is 26.4. The van der Waals surface area contributed by atoms with Gasteiger partial charge in [-0.15, -0.1) is 0 Å². The number of allylic oxidation sites excluding steroid dienone is 12. The molecule has 0 aromatic rings. The Morgan fingerprint density at radius 1 is 0.451 bits per heavy atom. The van der Waals surface area contributed by atoms with Gasteiger partial charge in [0.2, 0.25) is 0 Å². The van der Waals surface area contributed by atoms with Crippen molar-refractivity contribution in [2.24, 2.45) is 113 Å². The molecule has 0 aromatic heterocycles. The molecule has 574 valence electrons. The van der Waals surface area contributed by atoms with Gasteiger partial charge >= 0.3 is 11.9 Å². The minimum Gasteiger partial charge on any atom is -0.481 e. The highest BCUT2D eigenvalue weighted by molar-refractivity contribution is 5.86. The maximum Gasteiger partial charge on any atom is 0.312 e. The first kappa shape index (κ1) is 83.8. The fourth-order valence-corrected chi connectivity index (χ4v) is 26.4. The summed E-state index contributed by atoms with van der Waals surface area (Å²) in [5.41, 5.74) is 10.6. The van der Waals surface area contributed by atoms with Gasteiger partial charge in [0.25, 0.3) is 0 Å². The standard InChI is InChI=1S/C45H70O3.C30H46O3.C15H26O.C4H8O/c1-30(2)14-12-15-32(5)16-13-17-33(6)23-29-48-40(47)45-26-20-34(31(3)4)39(45)35-18-19-37-42(9)24-22-38(46)41(7,8)36(42)21-25-44(37,11)43(35,10)27-28-45;1-18(2)19-10-15-30(25(32)33)17-16-28(6)20(24(19)30)8-9-22-27(5)13-12-23(31)26(3,4)21(27)11-14-29(22,28)7;1-13(2)7-5-8-14(3)9-6-10-15(4)11-12-16;1-2-4-5-3-1/h14,16,23,34-37,39H,3,12-13,15,17-22,24-29H2,1-2,4-11H3;19-22,24H,1,8-17H2,2-7H3,(H,32,33);7,9,11,16H,5-6,8,10,12H2,1-4H3;1-4H2/b32-16+,33-23+;;14-9+,15-11+;/t34?,35-,36?,37-,39?,42+,43-,44-,45+;19?,20-,21?,22-,24?,27+,28-,29-,30+;;/m11../s1. The van der Waals surface area contributed by atoms with Crippen molar-refractivity contribution in [3.8, 4) is 0 Å². The lowest BCUT2D eigenvalue weighted by Gasteiger charge is -2.72. The first-order chi connectivity index (χ1) is 47.7. The molecular weight excluding hydrogens is 1260 g/mol. The van der Waals surface area contributed by atoms with E-state index in [2.05, 4.69) is 182 Å². The van der Waals surface area contributed by atoms with E-state index >= 15 is 0 Å². The third-order valence-electron chi connectivity index (χ3n) is 32.6. The van der Waals surface area contributed by atoms with Crippen LogP contribution in [0.5, 0.6) is 0 Å². The molecular formula is C94H150O8. The summed E-state index contributed by atoms with van der Waals surface area (Å²) >= 11 is 0. The zero-order valence-electron chi connectivity index (χ0n) is 69.0. The van der Waals surface area contributed by atoms with Crippen molar-refractivity contribution in [3.05, 3.63) is 94.2 Å². The molecule has 18 atom stereocenters. The van der Waals surface area contributed by atoms with Crippen LogP contribution in [0.3, 0.4) is 0 Å². The van der Waals surface area contributed by atoms with Crippen molar-refractivity contribution >= 4 is 23.5 Å². The third kappa shape index (κ3) is 16.1.